The fraction of sp³-hybridized carbons (Fsp3) is 0.520. The Balaban J connectivity index is 1.64. The van der Waals surface area contributed by atoms with E-state index >= 15 is 0 Å². The second kappa shape index (κ2) is 12.2. The van der Waals surface area contributed by atoms with Crippen molar-refractivity contribution in [3.8, 4) is 0 Å². The molecule has 2 aromatic rings. The van der Waals surface area contributed by atoms with Gasteiger partial charge in [0.05, 0.1) is 44.2 Å². The molecular formula is C25H35NO4. The molecule has 0 spiro atoms. The third kappa shape index (κ3) is 6.62. The van der Waals surface area contributed by atoms with Crippen LogP contribution < -0.4 is 5.32 Å². The van der Waals surface area contributed by atoms with Gasteiger partial charge < -0.3 is 24.6 Å². The van der Waals surface area contributed by atoms with Gasteiger partial charge in [-0.1, -0.05) is 74.0 Å². The molecule has 0 aliphatic heterocycles. The maximum absolute atomic E-state index is 10.2. The molecule has 1 saturated carbocycles. The third-order valence-electron chi connectivity index (χ3n) is 5.64. The fourth-order valence-electron chi connectivity index (χ4n) is 4.04. The summed E-state index contributed by atoms with van der Waals surface area (Å²) in [5, 5.41) is 13.5. The molecule has 0 aromatic heterocycles. The van der Waals surface area contributed by atoms with E-state index in [9.17, 15) is 5.11 Å². The van der Waals surface area contributed by atoms with Crippen molar-refractivity contribution in [3.63, 3.8) is 0 Å². The molecule has 30 heavy (non-hydrogen) atoms. The SMILES string of the molecule is CCCC(O)COC1C(OCc2ccccc2)CC(OCc2ccccc2)C1NC. The second-order valence-corrected chi connectivity index (χ2v) is 7.96. The molecule has 2 aromatic carbocycles. The minimum atomic E-state index is -0.452. The van der Waals surface area contributed by atoms with Crippen LogP contribution in [0.3, 0.4) is 0 Å². The average Bonchev–Trinajstić information content (AvgIpc) is 3.13. The van der Waals surface area contributed by atoms with Crippen LogP contribution >= 0.6 is 0 Å². The van der Waals surface area contributed by atoms with Gasteiger partial charge in [0.15, 0.2) is 0 Å². The number of rotatable bonds is 12. The van der Waals surface area contributed by atoms with Crippen LogP contribution in [0.4, 0.5) is 0 Å². The van der Waals surface area contributed by atoms with E-state index in [0.717, 1.165) is 30.4 Å². The highest BCUT2D eigenvalue weighted by Crippen LogP contribution is 2.30. The molecule has 5 nitrogen and oxygen atoms in total. The van der Waals surface area contributed by atoms with Crippen LogP contribution in [0.2, 0.25) is 0 Å². The van der Waals surface area contributed by atoms with Crippen molar-refractivity contribution in [2.24, 2.45) is 0 Å². The van der Waals surface area contributed by atoms with Crippen LogP contribution in [0.25, 0.3) is 0 Å². The lowest BCUT2D eigenvalue weighted by molar-refractivity contribution is -0.0910. The largest absolute Gasteiger partial charge is 0.391 e. The highest BCUT2D eigenvalue weighted by molar-refractivity contribution is 5.14. The predicted octanol–water partition coefficient (Wildman–Crippen LogP) is 3.70. The molecule has 0 amide bonds. The van der Waals surface area contributed by atoms with Gasteiger partial charge in [-0.2, -0.15) is 0 Å². The molecule has 2 N–H and O–H groups in total. The average molecular weight is 414 g/mol. The molecule has 0 bridgehead atoms. The minimum absolute atomic E-state index is 0.00307. The first-order valence-electron chi connectivity index (χ1n) is 11.0. The molecule has 0 heterocycles. The normalized spacial score (nSPS) is 24.8. The minimum Gasteiger partial charge on any atom is -0.391 e. The number of hydrogen-bond acceptors (Lipinski definition) is 5. The Bertz CT molecular complexity index is 712. The van der Waals surface area contributed by atoms with Crippen LogP contribution in [0, 0.1) is 0 Å². The Morgan fingerprint density at radius 1 is 0.900 bits per heavy atom. The first-order chi connectivity index (χ1) is 14.7. The van der Waals surface area contributed by atoms with Gasteiger partial charge in [0.25, 0.3) is 0 Å². The zero-order chi connectivity index (χ0) is 21.2. The number of aliphatic hydroxyl groups is 1. The summed E-state index contributed by atoms with van der Waals surface area (Å²) in [6.45, 7) is 3.46. The summed E-state index contributed by atoms with van der Waals surface area (Å²) >= 11 is 0. The van der Waals surface area contributed by atoms with Gasteiger partial charge in [0, 0.05) is 6.42 Å². The number of likely N-dealkylation sites (N-methyl/N-ethyl adjacent to an activating group) is 1. The Hall–Kier alpha value is -1.76. The van der Waals surface area contributed by atoms with Gasteiger partial charge in [0.1, 0.15) is 6.10 Å². The Morgan fingerprint density at radius 3 is 2.00 bits per heavy atom. The standard InChI is InChI=1S/C25H35NO4/c1-3-10-21(27)18-30-25-23(29-17-20-13-8-5-9-14-20)15-22(24(25)26-2)28-16-19-11-6-4-7-12-19/h4-9,11-14,21-27H,3,10,15-18H2,1-2H3. The van der Waals surface area contributed by atoms with E-state index in [-0.39, 0.29) is 24.4 Å². The zero-order valence-electron chi connectivity index (χ0n) is 18.1. The van der Waals surface area contributed by atoms with Crippen LogP contribution in [-0.2, 0) is 27.4 Å². The van der Waals surface area contributed by atoms with E-state index in [1.54, 1.807) is 0 Å². The van der Waals surface area contributed by atoms with Crippen molar-refractivity contribution < 1.29 is 19.3 Å². The van der Waals surface area contributed by atoms with Crippen molar-refractivity contribution in [3.05, 3.63) is 71.8 Å². The van der Waals surface area contributed by atoms with E-state index in [2.05, 4.69) is 36.5 Å². The lowest BCUT2D eigenvalue weighted by Crippen LogP contribution is -2.46. The second-order valence-electron chi connectivity index (χ2n) is 7.96. The summed E-state index contributed by atoms with van der Waals surface area (Å²) < 4.78 is 18.7. The Labute approximate surface area is 180 Å². The van der Waals surface area contributed by atoms with Crippen molar-refractivity contribution >= 4 is 0 Å². The summed E-state index contributed by atoms with van der Waals surface area (Å²) in [5.41, 5.74) is 2.29. The highest BCUT2D eigenvalue weighted by atomic mass is 16.6. The lowest BCUT2D eigenvalue weighted by atomic mass is 10.1. The van der Waals surface area contributed by atoms with Gasteiger partial charge in [-0.3, -0.25) is 0 Å². The molecule has 1 aliphatic carbocycles. The topological polar surface area (TPSA) is 60.0 Å². The number of hydrogen-bond donors (Lipinski definition) is 2. The van der Waals surface area contributed by atoms with Crippen LogP contribution in [-0.4, -0.2) is 49.2 Å². The van der Waals surface area contributed by atoms with E-state index in [4.69, 9.17) is 14.2 Å². The van der Waals surface area contributed by atoms with Crippen molar-refractivity contribution in [1.29, 1.82) is 0 Å². The number of ether oxygens (including phenoxy) is 3. The zero-order valence-corrected chi connectivity index (χ0v) is 18.1. The summed E-state index contributed by atoms with van der Waals surface area (Å²) in [6.07, 6.45) is 1.67. The molecule has 0 saturated heterocycles. The maximum atomic E-state index is 10.2. The predicted molar refractivity (Wildman–Crippen MR) is 118 cm³/mol. The smallest absolute Gasteiger partial charge is 0.102 e. The molecule has 3 rings (SSSR count). The molecule has 5 unspecified atom stereocenters. The number of benzene rings is 2. The van der Waals surface area contributed by atoms with Gasteiger partial charge in [0.2, 0.25) is 0 Å². The third-order valence-corrected chi connectivity index (χ3v) is 5.64. The Kier molecular flexibility index (Phi) is 9.30. The first kappa shape index (κ1) is 22.9. The van der Waals surface area contributed by atoms with E-state index in [1.807, 2.05) is 43.4 Å². The molecule has 5 heteroatoms. The van der Waals surface area contributed by atoms with E-state index < -0.39 is 6.10 Å². The monoisotopic (exact) mass is 413 g/mol. The van der Waals surface area contributed by atoms with Crippen LogP contribution in [0.1, 0.15) is 37.3 Å². The van der Waals surface area contributed by atoms with Crippen molar-refractivity contribution in [1.82, 2.24) is 5.32 Å². The fourth-order valence-corrected chi connectivity index (χ4v) is 4.04. The van der Waals surface area contributed by atoms with E-state index in [1.165, 1.54) is 0 Å². The van der Waals surface area contributed by atoms with Gasteiger partial charge >= 0.3 is 0 Å². The van der Waals surface area contributed by atoms with Crippen LogP contribution in [0.5, 0.6) is 0 Å². The first-order valence-corrected chi connectivity index (χ1v) is 11.0. The van der Waals surface area contributed by atoms with Crippen molar-refractivity contribution in [2.45, 2.75) is 69.9 Å². The molecule has 164 valence electrons. The lowest BCUT2D eigenvalue weighted by Gasteiger charge is -2.27. The highest BCUT2D eigenvalue weighted by Gasteiger charge is 2.45. The summed E-state index contributed by atoms with van der Waals surface area (Å²) in [4.78, 5) is 0. The van der Waals surface area contributed by atoms with Gasteiger partial charge in [-0.25, -0.2) is 0 Å². The van der Waals surface area contributed by atoms with E-state index in [0.29, 0.717) is 19.8 Å². The Morgan fingerprint density at radius 2 is 1.47 bits per heavy atom. The van der Waals surface area contributed by atoms with Gasteiger partial charge in [-0.15, -0.1) is 0 Å². The molecule has 1 fully saturated rings. The molecule has 0 radical (unpaired) electrons. The quantitative estimate of drug-likeness (QED) is 0.556. The summed E-state index contributed by atoms with van der Waals surface area (Å²) in [5.74, 6) is 0. The number of aliphatic hydroxyl groups excluding tert-OH is 1. The molecule has 1 aliphatic rings. The summed E-state index contributed by atoms with van der Waals surface area (Å²) in [7, 11) is 1.93. The summed E-state index contributed by atoms with van der Waals surface area (Å²) in [6, 6.07) is 20.4. The number of nitrogens with one attached hydrogen (secondary N) is 1. The van der Waals surface area contributed by atoms with Crippen LogP contribution in [0.15, 0.2) is 60.7 Å². The molecule has 5 atom stereocenters. The maximum Gasteiger partial charge on any atom is 0.102 e. The van der Waals surface area contributed by atoms with Gasteiger partial charge in [-0.05, 0) is 24.6 Å². The van der Waals surface area contributed by atoms with Crippen molar-refractivity contribution in [2.75, 3.05) is 13.7 Å². The molecular weight excluding hydrogens is 378 g/mol.